The van der Waals surface area contributed by atoms with Crippen molar-refractivity contribution in [3.63, 3.8) is 0 Å². The van der Waals surface area contributed by atoms with E-state index in [0.29, 0.717) is 24.5 Å². The maximum atomic E-state index is 13.3. The molecule has 0 saturated heterocycles. The van der Waals surface area contributed by atoms with Crippen molar-refractivity contribution < 1.29 is 22.1 Å². The van der Waals surface area contributed by atoms with Crippen LogP contribution in [0.2, 0.25) is 5.02 Å². The van der Waals surface area contributed by atoms with E-state index in [1.807, 2.05) is 24.3 Å². The molecule has 5 nitrogen and oxygen atoms in total. The standard InChI is InChI=1S/C25H25ClF3N3O2S/c1-30-35(33,22-13-11-21(12-14-22)34-25(27,28)29)31-15-4-16-32-23-6-3-2-5-18(23)7-8-19-9-10-20(26)17-24(19)32/h2-3,5-6,9-14,17H,4,7-8,15-16H2,1H3,(H,30,31,33). The van der Waals surface area contributed by atoms with Gasteiger partial charge in [0.05, 0.1) is 4.90 Å². The summed E-state index contributed by atoms with van der Waals surface area (Å²) in [5.74, 6) is -0.378. The molecule has 3 aromatic rings. The smallest absolute Gasteiger partial charge is 0.406 e. The number of aryl methyl sites for hydroxylation is 2. The van der Waals surface area contributed by atoms with Gasteiger partial charge in [-0.3, -0.25) is 0 Å². The summed E-state index contributed by atoms with van der Waals surface area (Å²) in [5, 5.41) is 0.664. The molecule has 1 atom stereocenters. The molecule has 186 valence electrons. The van der Waals surface area contributed by atoms with Crippen molar-refractivity contribution in [3.05, 3.63) is 82.9 Å². The van der Waals surface area contributed by atoms with Gasteiger partial charge in [0.15, 0.2) is 0 Å². The number of benzene rings is 3. The first-order valence-electron chi connectivity index (χ1n) is 11.1. The summed E-state index contributed by atoms with van der Waals surface area (Å²) in [6.45, 7) is 1.03. The van der Waals surface area contributed by atoms with E-state index in [0.717, 1.165) is 36.3 Å². The number of rotatable bonds is 7. The quantitative estimate of drug-likeness (QED) is 0.358. The fourth-order valence-electron chi connectivity index (χ4n) is 4.15. The lowest BCUT2D eigenvalue weighted by atomic mass is 10.0. The molecule has 0 amide bonds. The van der Waals surface area contributed by atoms with Gasteiger partial charge in [-0.05, 0) is 72.9 Å². The fourth-order valence-corrected chi connectivity index (χ4v) is 5.75. The molecule has 3 aromatic carbocycles. The van der Waals surface area contributed by atoms with Gasteiger partial charge in [0.25, 0.3) is 0 Å². The molecule has 0 spiro atoms. The van der Waals surface area contributed by atoms with Crippen molar-refractivity contribution in [1.82, 2.24) is 4.72 Å². The third-order valence-electron chi connectivity index (χ3n) is 5.77. The second-order valence-corrected chi connectivity index (χ2v) is 10.6. The number of halogens is 4. The van der Waals surface area contributed by atoms with E-state index in [2.05, 4.69) is 36.9 Å². The Kier molecular flexibility index (Phi) is 7.59. The first-order chi connectivity index (χ1) is 16.7. The van der Waals surface area contributed by atoms with Crippen LogP contribution in [0.15, 0.2) is 76.0 Å². The lowest BCUT2D eigenvalue weighted by Crippen LogP contribution is -2.28. The van der Waals surface area contributed by atoms with Gasteiger partial charge in [-0.2, -0.15) is 0 Å². The summed E-state index contributed by atoms with van der Waals surface area (Å²) >= 11 is 6.32. The van der Waals surface area contributed by atoms with Gasteiger partial charge in [0.1, 0.15) is 15.7 Å². The Bertz CT molecular complexity index is 1310. The van der Waals surface area contributed by atoms with Crippen LogP contribution in [-0.4, -0.2) is 30.7 Å². The summed E-state index contributed by atoms with van der Waals surface area (Å²) in [7, 11) is -1.59. The van der Waals surface area contributed by atoms with E-state index in [9.17, 15) is 17.4 Å². The maximum Gasteiger partial charge on any atom is 0.573 e. The summed E-state index contributed by atoms with van der Waals surface area (Å²) in [5.41, 5.74) is 4.65. The molecule has 0 bridgehead atoms. The van der Waals surface area contributed by atoms with Crippen LogP contribution < -0.4 is 14.4 Å². The summed E-state index contributed by atoms with van der Waals surface area (Å²) in [6.07, 6.45) is -2.31. The van der Waals surface area contributed by atoms with Crippen LogP contribution in [-0.2, 0) is 22.8 Å². The zero-order chi connectivity index (χ0) is 25.1. The molecule has 0 saturated carbocycles. The van der Waals surface area contributed by atoms with Crippen molar-refractivity contribution in [2.75, 3.05) is 25.0 Å². The fraction of sp³-hybridized carbons (Fsp3) is 0.280. The van der Waals surface area contributed by atoms with E-state index in [4.69, 9.17) is 11.6 Å². The predicted octanol–water partition coefficient (Wildman–Crippen LogP) is 6.53. The minimum absolute atomic E-state index is 0.284. The van der Waals surface area contributed by atoms with Crippen molar-refractivity contribution in [2.24, 2.45) is 4.36 Å². The molecular formula is C25H25ClF3N3O2S. The minimum Gasteiger partial charge on any atom is -0.406 e. The Labute approximate surface area is 208 Å². The Morgan fingerprint density at radius 2 is 1.71 bits per heavy atom. The number of ether oxygens (including phenoxy) is 1. The number of hydrogen-bond acceptors (Lipinski definition) is 4. The minimum atomic E-state index is -4.79. The largest absolute Gasteiger partial charge is 0.573 e. The molecule has 0 aromatic heterocycles. The normalized spacial score (nSPS) is 14.9. The van der Waals surface area contributed by atoms with E-state index in [1.54, 1.807) is 0 Å². The van der Waals surface area contributed by atoms with Crippen molar-refractivity contribution in [1.29, 1.82) is 0 Å². The van der Waals surface area contributed by atoms with Crippen LogP contribution in [0.3, 0.4) is 0 Å². The molecule has 1 aliphatic heterocycles. The Hall–Kier alpha value is -2.75. The zero-order valence-corrected chi connectivity index (χ0v) is 20.6. The summed E-state index contributed by atoms with van der Waals surface area (Å²) in [4.78, 5) is 2.52. The monoisotopic (exact) mass is 523 g/mol. The highest BCUT2D eigenvalue weighted by Gasteiger charge is 2.31. The number of para-hydroxylation sites is 1. The maximum absolute atomic E-state index is 13.3. The van der Waals surface area contributed by atoms with E-state index < -0.39 is 16.3 Å². The average Bonchev–Trinajstić information content (AvgIpc) is 2.98. The van der Waals surface area contributed by atoms with Crippen LogP contribution >= 0.6 is 11.6 Å². The predicted molar refractivity (Wildman–Crippen MR) is 133 cm³/mol. The van der Waals surface area contributed by atoms with Crippen LogP contribution in [0.4, 0.5) is 24.5 Å². The molecule has 1 unspecified atom stereocenters. The molecule has 0 radical (unpaired) electrons. The molecule has 4 rings (SSSR count). The van der Waals surface area contributed by atoms with Crippen LogP contribution in [0, 0.1) is 0 Å². The van der Waals surface area contributed by atoms with Crippen LogP contribution in [0.1, 0.15) is 17.5 Å². The number of nitrogens with one attached hydrogen (secondary N) is 1. The third kappa shape index (κ3) is 6.09. The molecule has 10 heteroatoms. The van der Waals surface area contributed by atoms with Crippen molar-refractivity contribution >= 4 is 32.9 Å². The first kappa shape index (κ1) is 25.3. The number of fused-ring (bicyclic) bond motifs is 2. The molecule has 1 N–H and O–H groups in total. The summed E-state index contributed by atoms with van der Waals surface area (Å²) < 4.78 is 61.4. The lowest BCUT2D eigenvalue weighted by Gasteiger charge is -2.27. The molecule has 0 fully saturated rings. The average molecular weight is 524 g/mol. The molecular weight excluding hydrogens is 499 g/mol. The Balaban J connectivity index is 1.47. The number of alkyl halides is 3. The molecule has 1 aliphatic rings. The summed E-state index contributed by atoms with van der Waals surface area (Å²) in [6, 6.07) is 19.1. The van der Waals surface area contributed by atoms with Crippen molar-refractivity contribution in [3.8, 4) is 5.75 Å². The van der Waals surface area contributed by atoms with Crippen molar-refractivity contribution in [2.45, 2.75) is 30.5 Å². The Morgan fingerprint density at radius 3 is 2.40 bits per heavy atom. The van der Waals surface area contributed by atoms with Gasteiger partial charge in [0.2, 0.25) is 0 Å². The SMILES string of the molecule is CN=S(=O)(NCCCN1c2ccccc2CCc2ccc(Cl)cc21)c1ccc(OC(F)(F)F)cc1. The number of hydrogen-bond donors (Lipinski definition) is 1. The third-order valence-corrected chi connectivity index (χ3v) is 8.03. The van der Waals surface area contributed by atoms with E-state index in [-0.39, 0.29) is 10.6 Å². The second-order valence-electron chi connectivity index (χ2n) is 8.03. The van der Waals surface area contributed by atoms with Crippen LogP contribution in [0.25, 0.3) is 0 Å². The zero-order valence-electron chi connectivity index (χ0n) is 19.0. The molecule has 0 aliphatic carbocycles. The van der Waals surface area contributed by atoms with Gasteiger partial charge in [0, 0.05) is 36.5 Å². The first-order valence-corrected chi connectivity index (χ1v) is 13.0. The lowest BCUT2D eigenvalue weighted by molar-refractivity contribution is -0.274. The second kappa shape index (κ2) is 10.5. The van der Waals surface area contributed by atoms with Gasteiger partial charge in [-0.25, -0.2) is 13.3 Å². The van der Waals surface area contributed by atoms with Crippen LogP contribution in [0.5, 0.6) is 5.75 Å². The number of nitrogens with zero attached hydrogens (tertiary/aromatic N) is 2. The highest BCUT2D eigenvalue weighted by Crippen LogP contribution is 2.37. The van der Waals surface area contributed by atoms with Gasteiger partial charge in [-0.15, -0.1) is 13.2 Å². The molecule has 35 heavy (non-hydrogen) atoms. The number of anilines is 2. The highest BCUT2D eigenvalue weighted by atomic mass is 35.5. The molecule has 1 heterocycles. The van der Waals surface area contributed by atoms with Gasteiger partial charge < -0.3 is 9.64 Å². The topological polar surface area (TPSA) is 53.9 Å². The Morgan fingerprint density at radius 1 is 1.03 bits per heavy atom. The van der Waals surface area contributed by atoms with E-state index >= 15 is 0 Å². The van der Waals surface area contributed by atoms with Gasteiger partial charge >= 0.3 is 6.36 Å². The van der Waals surface area contributed by atoms with Gasteiger partial charge in [-0.1, -0.05) is 35.9 Å². The highest BCUT2D eigenvalue weighted by molar-refractivity contribution is 7.91. The van der Waals surface area contributed by atoms with E-state index in [1.165, 1.54) is 30.3 Å².